The van der Waals surface area contributed by atoms with Gasteiger partial charge in [-0.3, -0.25) is 4.79 Å². The number of carbonyl (C=O) groups excluding carboxylic acids is 2. The summed E-state index contributed by atoms with van der Waals surface area (Å²) in [7, 11) is 0. The Labute approximate surface area is 188 Å². The van der Waals surface area contributed by atoms with Crippen molar-refractivity contribution in [2.75, 3.05) is 0 Å². The number of fused-ring (bicyclic) bond motifs is 1. The number of rotatable bonds is 4. The van der Waals surface area contributed by atoms with Gasteiger partial charge in [-0.25, -0.2) is 10.2 Å². The minimum Gasteiger partial charge on any atom is -0.453 e. The third kappa shape index (κ3) is 4.46. The van der Waals surface area contributed by atoms with Crippen LogP contribution in [0.15, 0.2) is 62.5 Å². The van der Waals surface area contributed by atoms with Gasteiger partial charge in [0.15, 0.2) is 0 Å². The van der Waals surface area contributed by atoms with E-state index < -0.39 is 5.97 Å². The van der Waals surface area contributed by atoms with Crippen molar-refractivity contribution in [2.45, 2.75) is 33.1 Å². The molecule has 7 heteroatoms. The number of ether oxygens (including phenoxy) is 1. The number of amides is 1. The molecule has 0 saturated carbocycles. The number of halogens is 1. The first kappa shape index (κ1) is 21.1. The van der Waals surface area contributed by atoms with Gasteiger partial charge in [-0.2, -0.15) is 5.10 Å². The summed E-state index contributed by atoms with van der Waals surface area (Å²) < 4.78 is 12.0. The van der Waals surface area contributed by atoms with Crippen LogP contribution in [0.5, 0.6) is 5.75 Å². The van der Waals surface area contributed by atoms with Crippen molar-refractivity contribution in [3.8, 4) is 5.75 Å². The van der Waals surface area contributed by atoms with Gasteiger partial charge in [0.2, 0.25) is 5.76 Å². The Morgan fingerprint density at radius 3 is 2.55 bits per heavy atom. The summed E-state index contributed by atoms with van der Waals surface area (Å²) in [5.74, 6) is 0.448. The molecule has 0 spiro atoms. The van der Waals surface area contributed by atoms with E-state index in [2.05, 4.69) is 26.5 Å². The second kappa shape index (κ2) is 8.89. The number of furan rings is 1. The molecule has 0 bridgehead atoms. The minimum atomic E-state index is -0.549. The summed E-state index contributed by atoms with van der Waals surface area (Å²) in [5, 5.41) is 4.35. The number of nitrogens with one attached hydrogen (secondary N) is 1. The molecule has 4 rings (SSSR count). The Balaban J connectivity index is 1.57. The maximum atomic E-state index is 12.7. The van der Waals surface area contributed by atoms with Gasteiger partial charge < -0.3 is 9.15 Å². The van der Waals surface area contributed by atoms with E-state index in [0.29, 0.717) is 45.7 Å². The fourth-order valence-corrected chi connectivity index (χ4v) is 4.02. The van der Waals surface area contributed by atoms with Gasteiger partial charge in [-0.15, -0.1) is 0 Å². The minimum absolute atomic E-state index is 0.164. The molecule has 0 fully saturated rings. The van der Waals surface area contributed by atoms with Crippen molar-refractivity contribution in [2.24, 2.45) is 5.10 Å². The van der Waals surface area contributed by atoms with Gasteiger partial charge in [0.1, 0.15) is 11.5 Å². The number of hydrogen-bond donors (Lipinski definition) is 1. The second-order valence-corrected chi connectivity index (χ2v) is 8.24. The Bertz CT molecular complexity index is 1180. The van der Waals surface area contributed by atoms with Gasteiger partial charge in [-0.1, -0.05) is 29.8 Å². The second-order valence-electron chi connectivity index (χ2n) is 7.39. The monoisotopic (exact) mass is 480 g/mol. The van der Waals surface area contributed by atoms with E-state index in [1.54, 1.807) is 30.3 Å². The molecule has 2 aromatic carbocycles. The van der Waals surface area contributed by atoms with Crippen LogP contribution in [0.2, 0.25) is 0 Å². The molecule has 1 aliphatic rings. The molecule has 0 unspecified atom stereocenters. The van der Waals surface area contributed by atoms with E-state index >= 15 is 0 Å². The number of esters is 1. The predicted molar refractivity (Wildman–Crippen MR) is 121 cm³/mol. The Morgan fingerprint density at radius 2 is 1.81 bits per heavy atom. The van der Waals surface area contributed by atoms with Gasteiger partial charge >= 0.3 is 5.97 Å². The first-order valence-corrected chi connectivity index (χ1v) is 10.8. The van der Waals surface area contributed by atoms with E-state index in [1.165, 1.54) is 0 Å². The fourth-order valence-electron chi connectivity index (χ4n) is 3.56. The highest BCUT2D eigenvalue weighted by molar-refractivity contribution is 9.10. The Kier molecular flexibility index (Phi) is 6.04. The molecule has 1 N–H and O–H groups in total. The molecule has 1 amide bonds. The van der Waals surface area contributed by atoms with Crippen LogP contribution in [-0.2, 0) is 6.42 Å². The molecular weight excluding hydrogens is 460 g/mol. The molecule has 0 saturated heterocycles. The SMILES string of the molecule is Cc1ccc(OC(=O)c2oc3c(c2C)/C(=N/NC(=O)c2ccccc2Br)CCC3)cc1. The van der Waals surface area contributed by atoms with Crippen LogP contribution in [0, 0.1) is 13.8 Å². The lowest BCUT2D eigenvalue weighted by Crippen LogP contribution is -2.22. The van der Waals surface area contributed by atoms with Crippen LogP contribution in [0.4, 0.5) is 0 Å². The number of hydrogen-bond acceptors (Lipinski definition) is 5. The standard InChI is InChI=1S/C24H21BrN2O4/c1-14-10-12-16(13-11-14)30-24(29)22-15(2)21-19(8-5-9-20(21)31-22)26-27-23(28)17-6-3-4-7-18(17)25/h3-4,6-7,10-13H,5,8-9H2,1-2H3,(H,27,28)/b26-19+. The molecule has 0 atom stereocenters. The van der Waals surface area contributed by atoms with Crippen molar-refractivity contribution >= 4 is 33.5 Å². The zero-order valence-electron chi connectivity index (χ0n) is 17.2. The third-order valence-corrected chi connectivity index (χ3v) is 5.85. The molecule has 6 nitrogen and oxygen atoms in total. The van der Waals surface area contributed by atoms with Crippen molar-refractivity contribution in [3.63, 3.8) is 0 Å². The molecule has 0 radical (unpaired) electrons. The highest BCUT2D eigenvalue weighted by Crippen LogP contribution is 2.30. The number of nitrogens with zero attached hydrogens (tertiary/aromatic N) is 1. The average molecular weight is 481 g/mol. The first-order chi connectivity index (χ1) is 14.9. The summed E-state index contributed by atoms with van der Waals surface area (Å²) in [6.07, 6.45) is 2.19. The average Bonchev–Trinajstić information content (AvgIpc) is 3.11. The molecule has 3 aromatic rings. The van der Waals surface area contributed by atoms with Crippen molar-refractivity contribution in [3.05, 3.63) is 86.8 Å². The van der Waals surface area contributed by atoms with Gasteiger partial charge in [0, 0.05) is 22.0 Å². The van der Waals surface area contributed by atoms with E-state index in [4.69, 9.17) is 9.15 Å². The van der Waals surface area contributed by atoms with E-state index in [9.17, 15) is 9.59 Å². The maximum absolute atomic E-state index is 12.7. The molecule has 31 heavy (non-hydrogen) atoms. The number of hydrazone groups is 1. The van der Waals surface area contributed by atoms with Crippen LogP contribution in [0.1, 0.15) is 56.2 Å². The van der Waals surface area contributed by atoms with Gasteiger partial charge in [0.25, 0.3) is 5.91 Å². The van der Waals surface area contributed by atoms with E-state index in [1.807, 2.05) is 32.0 Å². The first-order valence-electron chi connectivity index (χ1n) is 9.97. The third-order valence-electron chi connectivity index (χ3n) is 5.15. The summed E-state index contributed by atoms with van der Waals surface area (Å²) in [4.78, 5) is 25.2. The Morgan fingerprint density at radius 1 is 1.06 bits per heavy atom. The lowest BCUT2D eigenvalue weighted by Gasteiger charge is -2.13. The van der Waals surface area contributed by atoms with Crippen molar-refractivity contribution in [1.29, 1.82) is 0 Å². The zero-order chi connectivity index (χ0) is 22.0. The van der Waals surface area contributed by atoms with Crippen LogP contribution < -0.4 is 10.2 Å². The largest absolute Gasteiger partial charge is 0.453 e. The maximum Gasteiger partial charge on any atom is 0.379 e. The highest BCUT2D eigenvalue weighted by Gasteiger charge is 2.29. The van der Waals surface area contributed by atoms with Crippen LogP contribution in [0.25, 0.3) is 0 Å². The van der Waals surface area contributed by atoms with E-state index in [-0.39, 0.29) is 11.7 Å². The molecule has 1 heterocycles. The summed E-state index contributed by atoms with van der Waals surface area (Å²) in [6, 6.07) is 14.4. The summed E-state index contributed by atoms with van der Waals surface area (Å²) in [6.45, 7) is 3.77. The molecular formula is C24H21BrN2O4. The lowest BCUT2D eigenvalue weighted by molar-refractivity contribution is 0.0698. The number of carbonyl (C=O) groups is 2. The molecule has 158 valence electrons. The fraction of sp³-hybridized carbons (Fsp3) is 0.208. The molecule has 0 aliphatic heterocycles. The van der Waals surface area contributed by atoms with Crippen LogP contribution >= 0.6 is 15.9 Å². The number of benzene rings is 2. The topological polar surface area (TPSA) is 80.9 Å². The molecule has 1 aromatic heterocycles. The van der Waals surface area contributed by atoms with Crippen LogP contribution in [0.3, 0.4) is 0 Å². The van der Waals surface area contributed by atoms with E-state index in [0.717, 1.165) is 17.5 Å². The molecule has 1 aliphatic carbocycles. The smallest absolute Gasteiger partial charge is 0.379 e. The lowest BCUT2D eigenvalue weighted by atomic mass is 9.93. The Hall–Kier alpha value is -3.19. The van der Waals surface area contributed by atoms with Gasteiger partial charge in [0.05, 0.1) is 11.3 Å². The van der Waals surface area contributed by atoms with Gasteiger partial charge in [-0.05, 0) is 66.9 Å². The quantitative estimate of drug-likeness (QED) is 0.310. The zero-order valence-corrected chi connectivity index (χ0v) is 18.8. The highest BCUT2D eigenvalue weighted by atomic mass is 79.9. The van der Waals surface area contributed by atoms with Crippen LogP contribution in [-0.4, -0.2) is 17.6 Å². The van der Waals surface area contributed by atoms with Crippen molar-refractivity contribution < 1.29 is 18.7 Å². The summed E-state index contributed by atoms with van der Waals surface area (Å²) >= 11 is 3.37. The van der Waals surface area contributed by atoms with Crippen molar-refractivity contribution in [1.82, 2.24) is 5.43 Å². The normalized spacial score (nSPS) is 14.2. The number of aryl methyl sites for hydroxylation is 2. The summed E-state index contributed by atoms with van der Waals surface area (Å²) in [5.41, 5.74) is 6.33. The predicted octanol–water partition coefficient (Wildman–Crippen LogP) is 5.35.